The molecule has 1 fully saturated rings. The Labute approximate surface area is 146 Å². The van der Waals surface area contributed by atoms with Crippen LogP contribution in [0.4, 0.5) is 0 Å². The molecule has 0 saturated heterocycles. The van der Waals surface area contributed by atoms with Gasteiger partial charge in [-0.1, -0.05) is 0 Å². The van der Waals surface area contributed by atoms with E-state index in [0.717, 1.165) is 32.2 Å². The predicted molar refractivity (Wildman–Crippen MR) is 97.4 cm³/mol. The van der Waals surface area contributed by atoms with Crippen molar-refractivity contribution >= 4 is 10.0 Å². The maximum absolute atomic E-state index is 11.9. The molecule has 0 N–H and O–H groups in total. The molecule has 138 valence electrons. The Kier molecular flexibility index (Phi) is 6.45. The fourth-order valence-corrected chi connectivity index (χ4v) is 4.42. The Hall–Kier alpha value is -0.920. The van der Waals surface area contributed by atoms with Crippen molar-refractivity contribution in [1.29, 1.82) is 0 Å². The van der Waals surface area contributed by atoms with Gasteiger partial charge in [0.1, 0.15) is 0 Å². The van der Waals surface area contributed by atoms with Gasteiger partial charge in [0.05, 0.1) is 17.1 Å². The van der Waals surface area contributed by atoms with Crippen LogP contribution < -0.4 is 0 Å². The molecule has 0 spiro atoms. The van der Waals surface area contributed by atoms with Gasteiger partial charge >= 0.3 is 0 Å². The van der Waals surface area contributed by atoms with Crippen LogP contribution >= 0.6 is 0 Å². The fraction of sp³-hybridized carbons (Fsp3) is 0.824. The minimum atomic E-state index is -3.06. The molecule has 1 aliphatic rings. The maximum atomic E-state index is 11.9. The highest BCUT2D eigenvalue weighted by molar-refractivity contribution is 7.89. The van der Waals surface area contributed by atoms with E-state index >= 15 is 0 Å². The van der Waals surface area contributed by atoms with E-state index in [1.54, 1.807) is 14.0 Å². The minimum Gasteiger partial charge on any atom is -0.304 e. The lowest BCUT2D eigenvalue weighted by molar-refractivity contribution is 0.278. The Balaban J connectivity index is 1.91. The summed E-state index contributed by atoms with van der Waals surface area (Å²) >= 11 is 0. The van der Waals surface area contributed by atoms with Crippen molar-refractivity contribution in [3.63, 3.8) is 0 Å². The summed E-state index contributed by atoms with van der Waals surface area (Å²) in [5.74, 6) is 1.16. The summed E-state index contributed by atoms with van der Waals surface area (Å²) in [6, 6.07) is 2.23. The van der Waals surface area contributed by atoms with Gasteiger partial charge in [-0.15, -0.1) is 0 Å². The van der Waals surface area contributed by atoms with Crippen LogP contribution in [-0.2, 0) is 23.6 Å². The second kappa shape index (κ2) is 7.97. The first-order valence-corrected chi connectivity index (χ1v) is 10.5. The van der Waals surface area contributed by atoms with Gasteiger partial charge < -0.3 is 4.90 Å². The van der Waals surface area contributed by atoms with E-state index in [4.69, 9.17) is 5.10 Å². The summed E-state index contributed by atoms with van der Waals surface area (Å²) in [4.78, 5) is 2.15. The van der Waals surface area contributed by atoms with Gasteiger partial charge in [-0.3, -0.25) is 4.68 Å². The van der Waals surface area contributed by atoms with Crippen molar-refractivity contribution in [3.8, 4) is 0 Å². The third-order valence-electron chi connectivity index (χ3n) is 5.09. The zero-order valence-corrected chi connectivity index (χ0v) is 16.5. The van der Waals surface area contributed by atoms with E-state index < -0.39 is 10.0 Å². The highest BCUT2D eigenvalue weighted by Gasteiger charge is 2.27. The van der Waals surface area contributed by atoms with Crippen molar-refractivity contribution < 1.29 is 8.42 Å². The van der Waals surface area contributed by atoms with Crippen molar-refractivity contribution in [2.24, 2.45) is 13.0 Å². The van der Waals surface area contributed by atoms with E-state index in [1.165, 1.54) is 15.7 Å². The van der Waals surface area contributed by atoms with Gasteiger partial charge in [0, 0.05) is 33.1 Å². The average Bonchev–Trinajstić information content (AvgIpc) is 2.88. The summed E-state index contributed by atoms with van der Waals surface area (Å²) in [5, 5.41) is 4.71. The summed E-state index contributed by atoms with van der Waals surface area (Å²) < 4.78 is 27.3. The first-order valence-electron chi connectivity index (χ1n) is 8.84. The molecule has 1 aromatic heterocycles. The van der Waals surface area contributed by atoms with Gasteiger partial charge in [-0.25, -0.2) is 12.7 Å². The van der Waals surface area contributed by atoms with Crippen LogP contribution in [0.5, 0.6) is 0 Å². The fourth-order valence-electron chi connectivity index (χ4n) is 3.54. The lowest BCUT2D eigenvalue weighted by atomic mass is 9.80. The molecule has 1 saturated carbocycles. The maximum Gasteiger partial charge on any atom is 0.213 e. The Morgan fingerprint density at radius 2 is 1.83 bits per heavy atom. The number of rotatable bonds is 7. The average molecular weight is 357 g/mol. The van der Waals surface area contributed by atoms with Crippen LogP contribution in [0.3, 0.4) is 0 Å². The van der Waals surface area contributed by atoms with Gasteiger partial charge in [-0.05, 0) is 58.7 Å². The normalized spacial score (nSPS) is 22.5. The quantitative estimate of drug-likeness (QED) is 0.750. The summed E-state index contributed by atoms with van der Waals surface area (Å²) in [6.07, 6.45) is 4.36. The van der Waals surface area contributed by atoms with E-state index in [-0.39, 0.29) is 5.75 Å². The number of aromatic nitrogens is 2. The summed E-state index contributed by atoms with van der Waals surface area (Å²) in [5.41, 5.74) is 2.44. The Bertz CT molecular complexity index is 631. The molecule has 0 radical (unpaired) electrons. The van der Waals surface area contributed by atoms with E-state index in [0.29, 0.717) is 18.4 Å². The van der Waals surface area contributed by atoms with Gasteiger partial charge in [-0.2, -0.15) is 5.10 Å². The van der Waals surface area contributed by atoms with Crippen LogP contribution in [0.25, 0.3) is 0 Å². The molecule has 2 rings (SSSR count). The molecular formula is C17H32N4O2S. The highest BCUT2D eigenvalue weighted by Crippen LogP contribution is 2.36. The first kappa shape index (κ1) is 19.4. The molecule has 24 heavy (non-hydrogen) atoms. The molecule has 1 aliphatic carbocycles. The lowest BCUT2D eigenvalue weighted by Gasteiger charge is -2.30. The van der Waals surface area contributed by atoms with Crippen molar-refractivity contribution in [1.82, 2.24) is 19.0 Å². The van der Waals surface area contributed by atoms with Gasteiger partial charge in [0.15, 0.2) is 0 Å². The smallest absolute Gasteiger partial charge is 0.213 e. The van der Waals surface area contributed by atoms with Crippen molar-refractivity contribution in [2.75, 3.05) is 33.4 Å². The molecule has 0 amide bonds. The number of hydrogen-bond donors (Lipinski definition) is 0. The first-order chi connectivity index (χ1) is 11.2. The number of nitrogens with zero attached hydrogens (tertiary/aromatic N) is 4. The van der Waals surface area contributed by atoms with Crippen LogP contribution in [-0.4, -0.2) is 60.8 Å². The minimum absolute atomic E-state index is 0.182. The third-order valence-corrected chi connectivity index (χ3v) is 6.92. The van der Waals surface area contributed by atoms with E-state index in [9.17, 15) is 8.42 Å². The zero-order valence-electron chi connectivity index (χ0n) is 15.7. The highest BCUT2D eigenvalue weighted by atomic mass is 32.2. The Morgan fingerprint density at radius 1 is 1.21 bits per heavy atom. The molecule has 0 atom stereocenters. The molecular weight excluding hydrogens is 324 g/mol. The number of sulfonamides is 1. The van der Waals surface area contributed by atoms with Crippen molar-refractivity contribution in [2.45, 2.75) is 45.1 Å². The van der Waals surface area contributed by atoms with E-state index in [1.807, 2.05) is 11.7 Å². The standard InChI is InChI=1S/C17H32N4O2S/c1-6-24(22,23)20(4)12-14-7-9-15(10-8-14)17-11-16(13-19(2)3)21(5)18-17/h11,14-15H,6-10,12-13H2,1-5H3. The summed E-state index contributed by atoms with van der Waals surface area (Å²) in [7, 11) is 4.79. The van der Waals surface area contributed by atoms with Crippen LogP contribution in [0.1, 0.15) is 49.9 Å². The largest absolute Gasteiger partial charge is 0.304 e. The molecule has 6 nitrogen and oxygen atoms in total. The molecule has 0 unspecified atom stereocenters. The zero-order chi connectivity index (χ0) is 17.9. The molecule has 7 heteroatoms. The van der Waals surface area contributed by atoms with Crippen molar-refractivity contribution in [3.05, 3.63) is 17.5 Å². The number of aryl methyl sites for hydroxylation is 1. The molecule has 1 heterocycles. The monoisotopic (exact) mass is 356 g/mol. The number of hydrogen-bond acceptors (Lipinski definition) is 4. The molecule has 0 aliphatic heterocycles. The van der Waals surface area contributed by atoms with Crippen LogP contribution in [0.15, 0.2) is 6.07 Å². The molecule has 1 aromatic rings. The molecule has 0 aromatic carbocycles. The van der Waals surface area contributed by atoms with E-state index in [2.05, 4.69) is 25.1 Å². The van der Waals surface area contributed by atoms with Gasteiger partial charge in [0.2, 0.25) is 10.0 Å². The second-order valence-corrected chi connectivity index (χ2v) is 9.69. The third kappa shape index (κ3) is 4.80. The Morgan fingerprint density at radius 3 is 2.38 bits per heavy atom. The SMILES string of the molecule is CCS(=O)(=O)N(C)CC1CCC(c2cc(CN(C)C)n(C)n2)CC1. The predicted octanol–water partition coefficient (Wildman–Crippen LogP) is 2.04. The van der Waals surface area contributed by atoms with Crippen LogP contribution in [0.2, 0.25) is 0 Å². The topological polar surface area (TPSA) is 58.4 Å². The lowest BCUT2D eigenvalue weighted by Crippen LogP contribution is -2.34. The second-order valence-electron chi connectivity index (χ2n) is 7.32. The van der Waals surface area contributed by atoms with Crippen LogP contribution in [0, 0.1) is 5.92 Å². The molecule has 0 bridgehead atoms. The summed E-state index contributed by atoms with van der Waals surface area (Å²) in [6.45, 7) is 3.25. The van der Waals surface area contributed by atoms with Gasteiger partial charge in [0.25, 0.3) is 0 Å².